The van der Waals surface area contributed by atoms with Crippen molar-refractivity contribution in [3.63, 3.8) is 0 Å². The zero-order valence-corrected chi connectivity index (χ0v) is 9.26. The Labute approximate surface area is 88.8 Å². The Bertz CT molecular complexity index is 339. The Morgan fingerprint density at radius 2 is 2.00 bits per heavy atom. The summed E-state index contributed by atoms with van der Waals surface area (Å²) >= 11 is 5.35. The number of rotatable bonds is 2. The molecule has 0 spiro atoms. The lowest BCUT2D eigenvalue weighted by atomic mass is 10.2. The summed E-state index contributed by atoms with van der Waals surface area (Å²) in [4.78, 5) is 10.9. The molecule has 1 aromatic rings. The molecule has 0 aliphatic heterocycles. The molecule has 0 atom stereocenters. The summed E-state index contributed by atoms with van der Waals surface area (Å²) in [7, 11) is 0. The largest absolute Gasteiger partial charge is 0.488 e. The molecule has 0 fully saturated rings. The molecule has 0 amide bonds. The van der Waals surface area contributed by atoms with Crippen molar-refractivity contribution in [2.24, 2.45) is 0 Å². The van der Waals surface area contributed by atoms with E-state index < -0.39 is 5.24 Å². The summed E-state index contributed by atoms with van der Waals surface area (Å²) in [5.41, 5.74) is 0.182. The number of benzene rings is 1. The van der Waals surface area contributed by atoms with Crippen molar-refractivity contribution in [1.29, 1.82) is 0 Å². The second kappa shape index (κ2) is 4.01. The summed E-state index contributed by atoms with van der Waals surface area (Å²) in [6.07, 6.45) is 0. The predicted molar refractivity (Wildman–Crippen MR) is 57.0 cm³/mol. The summed E-state index contributed by atoms with van der Waals surface area (Å²) in [6.45, 7) is 5.84. The molecule has 0 radical (unpaired) electrons. The van der Waals surface area contributed by atoms with E-state index in [9.17, 15) is 4.79 Å². The SMILES string of the molecule is CC(C)(C)Oc1cccc(C(=O)Cl)c1. The molecular formula is C11H13ClO2. The minimum Gasteiger partial charge on any atom is -0.488 e. The fraction of sp³-hybridized carbons (Fsp3) is 0.364. The molecule has 0 saturated carbocycles. The van der Waals surface area contributed by atoms with E-state index in [-0.39, 0.29) is 5.60 Å². The Morgan fingerprint density at radius 3 is 2.50 bits per heavy atom. The molecule has 0 unspecified atom stereocenters. The Hall–Kier alpha value is -1.02. The van der Waals surface area contributed by atoms with E-state index in [0.717, 1.165) is 0 Å². The number of halogens is 1. The van der Waals surface area contributed by atoms with Gasteiger partial charge in [0.15, 0.2) is 0 Å². The monoisotopic (exact) mass is 212 g/mol. The van der Waals surface area contributed by atoms with Gasteiger partial charge in [-0.25, -0.2) is 0 Å². The lowest BCUT2D eigenvalue weighted by Gasteiger charge is -2.21. The van der Waals surface area contributed by atoms with Gasteiger partial charge in [0.2, 0.25) is 0 Å². The van der Waals surface area contributed by atoms with E-state index in [2.05, 4.69) is 0 Å². The van der Waals surface area contributed by atoms with Gasteiger partial charge in [0.1, 0.15) is 11.4 Å². The van der Waals surface area contributed by atoms with Gasteiger partial charge < -0.3 is 4.74 Å². The molecule has 0 heterocycles. The normalized spacial score (nSPS) is 11.1. The van der Waals surface area contributed by atoms with Gasteiger partial charge in [0.05, 0.1) is 0 Å². The average Bonchev–Trinajstić information content (AvgIpc) is 2.01. The van der Waals surface area contributed by atoms with Gasteiger partial charge in [0.25, 0.3) is 5.24 Å². The molecule has 0 aliphatic rings. The van der Waals surface area contributed by atoms with Crippen LogP contribution < -0.4 is 4.74 Å². The number of hydrogen-bond donors (Lipinski definition) is 0. The molecule has 0 aliphatic carbocycles. The Kier molecular flexibility index (Phi) is 3.17. The van der Waals surface area contributed by atoms with Crippen LogP contribution in [0, 0.1) is 0 Å². The Balaban J connectivity index is 2.89. The van der Waals surface area contributed by atoms with Crippen LogP contribution in [-0.2, 0) is 0 Å². The fourth-order valence-corrected chi connectivity index (χ4v) is 1.15. The second-order valence-electron chi connectivity index (χ2n) is 4.02. The molecule has 0 saturated heterocycles. The van der Waals surface area contributed by atoms with Crippen LogP contribution in [0.5, 0.6) is 5.75 Å². The van der Waals surface area contributed by atoms with Gasteiger partial charge in [0, 0.05) is 5.56 Å². The van der Waals surface area contributed by atoms with Gasteiger partial charge in [-0.15, -0.1) is 0 Å². The van der Waals surface area contributed by atoms with Crippen molar-refractivity contribution in [2.75, 3.05) is 0 Å². The highest BCUT2D eigenvalue weighted by molar-refractivity contribution is 6.67. The van der Waals surface area contributed by atoms with Crippen LogP contribution in [-0.4, -0.2) is 10.8 Å². The van der Waals surface area contributed by atoms with Gasteiger partial charge in [-0.2, -0.15) is 0 Å². The lowest BCUT2D eigenvalue weighted by molar-refractivity contribution is 0.107. The highest BCUT2D eigenvalue weighted by Crippen LogP contribution is 2.19. The van der Waals surface area contributed by atoms with E-state index in [1.807, 2.05) is 20.8 Å². The molecule has 0 N–H and O–H groups in total. The van der Waals surface area contributed by atoms with Crippen LogP contribution in [0.15, 0.2) is 24.3 Å². The number of hydrogen-bond acceptors (Lipinski definition) is 2. The van der Waals surface area contributed by atoms with Crippen molar-refractivity contribution < 1.29 is 9.53 Å². The van der Waals surface area contributed by atoms with Gasteiger partial charge in [-0.1, -0.05) is 6.07 Å². The van der Waals surface area contributed by atoms with Crippen LogP contribution in [0.2, 0.25) is 0 Å². The third kappa shape index (κ3) is 3.38. The van der Waals surface area contributed by atoms with E-state index in [1.165, 1.54) is 0 Å². The summed E-state index contributed by atoms with van der Waals surface area (Å²) in [5.74, 6) is 0.656. The Morgan fingerprint density at radius 1 is 1.36 bits per heavy atom. The van der Waals surface area contributed by atoms with E-state index >= 15 is 0 Å². The zero-order chi connectivity index (χ0) is 10.8. The van der Waals surface area contributed by atoms with Gasteiger partial charge >= 0.3 is 0 Å². The topological polar surface area (TPSA) is 26.3 Å². The first-order valence-electron chi connectivity index (χ1n) is 4.37. The molecule has 1 rings (SSSR count). The van der Waals surface area contributed by atoms with Crippen molar-refractivity contribution in [3.05, 3.63) is 29.8 Å². The van der Waals surface area contributed by atoms with Crippen LogP contribution in [0.25, 0.3) is 0 Å². The molecule has 0 bridgehead atoms. The lowest BCUT2D eigenvalue weighted by Crippen LogP contribution is -2.22. The minimum absolute atomic E-state index is 0.270. The molecule has 1 aromatic carbocycles. The van der Waals surface area contributed by atoms with Crippen LogP contribution >= 0.6 is 11.6 Å². The highest BCUT2D eigenvalue weighted by Gasteiger charge is 2.12. The molecule has 2 nitrogen and oxygen atoms in total. The molecule has 0 aromatic heterocycles. The maximum absolute atomic E-state index is 10.9. The number of carbonyl (C=O) groups is 1. The van der Waals surface area contributed by atoms with E-state index in [0.29, 0.717) is 11.3 Å². The molecule has 76 valence electrons. The first kappa shape index (κ1) is 11.1. The van der Waals surface area contributed by atoms with Crippen molar-refractivity contribution in [3.8, 4) is 5.75 Å². The molecule has 3 heteroatoms. The van der Waals surface area contributed by atoms with Crippen LogP contribution in [0.4, 0.5) is 0 Å². The van der Waals surface area contributed by atoms with Gasteiger partial charge in [-0.3, -0.25) is 4.79 Å². The maximum atomic E-state index is 10.9. The average molecular weight is 213 g/mol. The van der Waals surface area contributed by atoms with E-state index in [1.54, 1.807) is 24.3 Å². The third-order valence-electron chi connectivity index (χ3n) is 1.49. The standard InChI is InChI=1S/C11H13ClO2/c1-11(2,3)14-9-6-4-5-8(7-9)10(12)13/h4-7H,1-3H3. The summed E-state index contributed by atoms with van der Waals surface area (Å²) in [5, 5.41) is -0.468. The quantitative estimate of drug-likeness (QED) is 0.704. The maximum Gasteiger partial charge on any atom is 0.252 e. The number of ether oxygens (including phenoxy) is 1. The predicted octanol–water partition coefficient (Wildman–Crippen LogP) is 3.24. The molecule has 14 heavy (non-hydrogen) atoms. The van der Waals surface area contributed by atoms with E-state index in [4.69, 9.17) is 16.3 Å². The second-order valence-corrected chi connectivity index (χ2v) is 4.36. The summed E-state index contributed by atoms with van der Waals surface area (Å²) in [6, 6.07) is 6.84. The smallest absolute Gasteiger partial charge is 0.252 e. The fourth-order valence-electron chi connectivity index (χ4n) is 1.04. The molecular weight excluding hydrogens is 200 g/mol. The van der Waals surface area contributed by atoms with Crippen molar-refractivity contribution in [1.82, 2.24) is 0 Å². The summed E-state index contributed by atoms with van der Waals surface area (Å²) < 4.78 is 5.58. The van der Waals surface area contributed by atoms with Crippen molar-refractivity contribution in [2.45, 2.75) is 26.4 Å². The van der Waals surface area contributed by atoms with Crippen LogP contribution in [0.1, 0.15) is 31.1 Å². The zero-order valence-electron chi connectivity index (χ0n) is 8.50. The third-order valence-corrected chi connectivity index (χ3v) is 1.70. The first-order chi connectivity index (χ1) is 6.38. The van der Waals surface area contributed by atoms with Gasteiger partial charge in [-0.05, 0) is 50.6 Å². The first-order valence-corrected chi connectivity index (χ1v) is 4.75. The number of carbonyl (C=O) groups excluding carboxylic acids is 1. The highest BCUT2D eigenvalue weighted by atomic mass is 35.5. The van der Waals surface area contributed by atoms with Crippen molar-refractivity contribution >= 4 is 16.8 Å². The minimum atomic E-state index is -0.468. The van der Waals surface area contributed by atoms with Crippen LogP contribution in [0.3, 0.4) is 0 Å².